The Labute approximate surface area is 122 Å². The first-order chi connectivity index (χ1) is 9.19. The van der Waals surface area contributed by atoms with E-state index in [2.05, 4.69) is 20.8 Å². The van der Waals surface area contributed by atoms with Crippen LogP contribution in [0, 0.1) is 11.7 Å². The molecule has 0 spiro atoms. The molecule has 1 aromatic carbocycles. The highest BCUT2D eigenvalue weighted by Gasteiger charge is 2.37. The van der Waals surface area contributed by atoms with Gasteiger partial charge >= 0.3 is 0 Å². The number of halogens is 2. The normalized spacial score (nSPS) is 20.8. The first-order valence-electron chi connectivity index (χ1n) is 7.10. The predicted octanol–water partition coefficient (Wildman–Crippen LogP) is 3.46. The summed E-state index contributed by atoms with van der Waals surface area (Å²) in [5.41, 5.74) is 6.99. The van der Waals surface area contributed by atoms with Crippen molar-refractivity contribution in [1.82, 2.24) is 4.90 Å². The summed E-state index contributed by atoms with van der Waals surface area (Å²) >= 11 is 3.21. The molecule has 19 heavy (non-hydrogen) atoms. The Bertz CT molecular complexity index is 457. The molecule has 0 radical (unpaired) electrons. The molecule has 104 valence electrons. The molecule has 2 fully saturated rings. The molecule has 1 aromatic rings. The minimum atomic E-state index is -0.196. The second-order valence-corrected chi connectivity index (χ2v) is 6.65. The Kier molecular flexibility index (Phi) is 3.92. The molecular formula is C15H20BrFN2. The van der Waals surface area contributed by atoms with Gasteiger partial charge < -0.3 is 5.73 Å². The van der Waals surface area contributed by atoms with Crippen LogP contribution in [-0.2, 0) is 0 Å². The third kappa shape index (κ3) is 3.18. The van der Waals surface area contributed by atoms with Gasteiger partial charge in [0.15, 0.2) is 0 Å². The number of benzene rings is 1. The summed E-state index contributed by atoms with van der Waals surface area (Å²) in [5.74, 6) is 0.646. The minimum absolute atomic E-state index is 0.163. The number of nitrogens with zero attached hydrogens (tertiary/aromatic N) is 1. The molecule has 3 rings (SSSR count). The van der Waals surface area contributed by atoms with Gasteiger partial charge in [-0.2, -0.15) is 0 Å². The molecule has 2 saturated carbocycles. The van der Waals surface area contributed by atoms with E-state index in [4.69, 9.17) is 5.73 Å². The monoisotopic (exact) mass is 326 g/mol. The molecule has 2 nitrogen and oxygen atoms in total. The molecule has 0 aliphatic heterocycles. The van der Waals surface area contributed by atoms with Crippen LogP contribution in [0.5, 0.6) is 0 Å². The molecule has 0 amide bonds. The van der Waals surface area contributed by atoms with Crippen molar-refractivity contribution in [2.45, 2.75) is 37.8 Å². The van der Waals surface area contributed by atoms with Crippen LogP contribution >= 0.6 is 15.9 Å². The molecular weight excluding hydrogens is 307 g/mol. The number of hydrogen-bond acceptors (Lipinski definition) is 2. The Hall–Kier alpha value is -0.450. The second-order valence-electron chi connectivity index (χ2n) is 5.80. The van der Waals surface area contributed by atoms with Crippen LogP contribution in [0.3, 0.4) is 0 Å². The van der Waals surface area contributed by atoms with E-state index in [0.29, 0.717) is 17.1 Å². The maximum Gasteiger partial charge on any atom is 0.137 e. The summed E-state index contributed by atoms with van der Waals surface area (Å²) in [6.45, 7) is 1.69. The lowest BCUT2D eigenvalue weighted by atomic mass is 10.0. The standard InChI is InChI=1S/C15H20BrFN2/c16-13-6-3-11(7-14(13)17)15(8-18)19(12-4-5-12)9-10-1-2-10/h3,6-7,10,12,15H,1-2,4-5,8-9,18H2. The van der Waals surface area contributed by atoms with Crippen molar-refractivity contribution in [2.75, 3.05) is 13.1 Å². The lowest BCUT2D eigenvalue weighted by Crippen LogP contribution is -2.37. The van der Waals surface area contributed by atoms with Crippen molar-refractivity contribution in [3.05, 3.63) is 34.1 Å². The van der Waals surface area contributed by atoms with E-state index >= 15 is 0 Å². The zero-order valence-corrected chi connectivity index (χ0v) is 12.6. The lowest BCUT2D eigenvalue weighted by molar-refractivity contribution is 0.182. The highest BCUT2D eigenvalue weighted by atomic mass is 79.9. The molecule has 1 unspecified atom stereocenters. The third-order valence-electron chi connectivity index (χ3n) is 4.13. The van der Waals surface area contributed by atoms with Gasteiger partial charge in [0, 0.05) is 25.2 Å². The van der Waals surface area contributed by atoms with Crippen LogP contribution in [0.25, 0.3) is 0 Å². The Morgan fingerprint density at radius 2 is 2.05 bits per heavy atom. The van der Waals surface area contributed by atoms with Gasteiger partial charge in [0.25, 0.3) is 0 Å². The van der Waals surface area contributed by atoms with Gasteiger partial charge in [0.1, 0.15) is 5.82 Å². The van der Waals surface area contributed by atoms with Crippen molar-refractivity contribution in [2.24, 2.45) is 11.7 Å². The van der Waals surface area contributed by atoms with Crippen LogP contribution in [0.2, 0.25) is 0 Å². The first kappa shape index (κ1) is 13.5. The Morgan fingerprint density at radius 3 is 2.58 bits per heavy atom. The molecule has 2 aliphatic rings. The summed E-state index contributed by atoms with van der Waals surface area (Å²) in [6.07, 6.45) is 5.22. The van der Waals surface area contributed by atoms with Crippen molar-refractivity contribution >= 4 is 15.9 Å². The van der Waals surface area contributed by atoms with Crippen LogP contribution in [0.4, 0.5) is 4.39 Å². The van der Waals surface area contributed by atoms with E-state index in [-0.39, 0.29) is 11.9 Å². The topological polar surface area (TPSA) is 29.3 Å². The van der Waals surface area contributed by atoms with Gasteiger partial charge in [0.2, 0.25) is 0 Å². The van der Waals surface area contributed by atoms with Crippen molar-refractivity contribution in [1.29, 1.82) is 0 Å². The van der Waals surface area contributed by atoms with Crippen molar-refractivity contribution in [3.63, 3.8) is 0 Å². The van der Waals surface area contributed by atoms with E-state index in [1.54, 1.807) is 12.1 Å². The van der Waals surface area contributed by atoms with Gasteiger partial charge in [0.05, 0.1) is 4.47 Å². The van der Waals surface area contributed by atoms with Crippen LogP contribution in [0.1, 0.15) is 37.3 Å². The maximum atomic E-state index is 13.7. The summed E-state index contributed by atoms with van der Waals surface area (Å²) in [7, 11) is 0. The molecule has 2 aliphatic carbocycles. The lowest BCUT2D eigenvalue weighted by Gasteiger charge is -2.31. The minimum Gasteiger partial charge on any atom is -0.329 e. The van der Waals surface area contributed by atoms with Crippen molar-refractivity contribution < 1.29 is 4.39 Å². The average molecular weight is 327 g/mol. The van der Waals surface area contributed by atoms with Gasteiger partial charge in [-0.1, -0.05) is 6.07 Å². The van der Waals surface area contributed by atoms with E-state index in [0.717, 1.165) is 18.0 Å². The van der Waals surface area contributed by atoms with Crippen molar-refractivity contribution in [3.8, 4) is 0 Å². The van der Waals surface area contributed by atoms with Gasteiger partial charge in [-0.15, -0.1) is 0 Å². The van der Waals surface area contributed by atoms with E-state index in [1.807, 2.05) is 6.07 Å². The Balaban J connectivity index is 1.81. The second kappa shape index (κ2) is 5.51. The smallest absolute Gasteiger partial charge is 0.137 e. The average Bonchev–Trinajstić information content (AvgIpc) is 3.27. The zero-order valence-electron chi connectivity index (χ0n) is 11.0. The quantitative estimate of drug-likeness (QED) is 0.867. The molecule has 1 atom stereocenters. The summed E-state index contributed by atoms with van der Waals surface area (Å²) < 4.78 is 14.2. The molecule has 0 bridgehead atoms. The van der Waals surface area contributed by atoms with Gasteiger partial charge in [-0.05, 0) is 65.2 Å². The summed E-state index contributed by atoms with van der Waals surface area (Å²) in [5, 5.41) is 0. The SMILES string of the molecule is NCC(c1ccc(Br)c(F)c1)N(CC1CC1)C1CC1. The number of nitrogens with two attached hydrogens (primary N) is 1. The molecule has 0 heterocycles. The van der Waals surface area contributed by atoms with Crippen LogP contribution in [0.15, 0.2) is 22.7 Å². The fraction of sp³-hybridized carbons (Fsp3) is 0.600. The van der Waals surface area contributed by atoms with Gasteiger partial charge in [-0.25, -0.2) is 4.39 Å². The predicted molar refractivity (Wildman–Crippen MR) is 78.3 cm³/mol. The fourth-order valence-corrected chi connectivity index (χ4v) is 2.96. The molecule has 0 saturated heterocycles. The van der Waals surface area contributed by atoms with Gasteiger partial charge in [-0.3, -0.25) is 4.90 Å². The van der Waals surface area contributed by atoms with E-state index in [9.17, 15) is 4.39 Å². The Morgan fingerprint density at radius 1 is 1.32 bits per heavy atom. The number of rotatable bonds is 6. The maximum absolute atomic E-state index is 13.7. The summed E-state index contributed by atoms with van der Waals surface area (Å²) in [4.78, 5) is 2.51. The van der Waals surface area contributed by atoms with Crippen LogP contribution < -0.4 is 5.73 Å². The summed E-state index contributed by atoms with van der Waals surface area (Å²) in [6, 6.07) is 6.24. The molecule has 2 N–H and O–H groups in total. The zero-order chi connectivity index (χ0) is 13.4. The largest absolute Gasteiger partial charge is 0.329 e. The van der Waals surface area contributed by atoms with Crippen LogP contribution in [-0.4, -0.2) is 24.0 Å². The van der Waals surface area contributed by atoms with E-state index in [1.165, 1.54) is 25.7 Å². The first-order valence-corrected chi connectivity index (χ1v) is 7.89. The number of hydrogen-bond donors (Lipinski definition) is 1. The molecule has 4 heteroatoms. The third-order valence-corrected chi connectivity index (χ3v) is 4.78. The highest BCUT2D eigenvalue weighted by molar-refractivity contribution is 9.10. The highest BCUT2D eigenvalue weighted by Crippen LogP contribution is 2.39. The fourth-order valence-electron chi connectivity index (χ4n) is 2.72. The molecule has 0 aromatic heterocycles. The van der Waals surface area contributed by atoms with E-state index < -0.39 is 0 Å².